The average Bonchev–Trinajstić information content (AvgIpc) is 2.59. The molecule has 1 aromatic rings. The molecule has 2 atom stereocenters. The van der Waals surface area contributed by atoms with Crippen molar-refractivity contribution in [1.29, 1.82) is 0 Å². The Morgan fingerprint density at radius 3 is 1.69 bits per heavy atom. The van der Waals surface area contributed by atoms with Gasteiger partial charge in [0.25, 0.3) is 0 Å². The second kappa shape index (κ2) is 8.78. The van der Waals surface area contributed by atoms with Crippen LogP contribution in [0.4, 0.5) is 0 Å². The Labute approximate surface area is 198 Å². The van der Waals surface area contributed by atoms with Crippen LogP contribution in [-0.2, 0) is 8.85 Å². The molecule has 0 bridgehead atoms. The van der Waals surface area contributed by atoms with Crippen molar-refractivity contribution in [2.24, 2.45) is 0 Å². The first-order valence-electron chi connectivity index (χ1n) is 11.8. The highest BCUT2D eigenvalue weighted by Gasteiger charge is 2.56. The summed E-state index contributed by atoms with van der Waals surface area (Å²) in [6.45, 7) is 23.9. The summed E-state index contributed by atoms with van der Waals surface area (Å²) >= 11 is 0. The molecule has 1 aliphatic carbocycles. The first-order chi connectivity index (χ1) is 14.3. The zero-order chi connectivity index (χ0) is 24.8. The summed E-state index contributed by atoms with van der Waals surface area (Å²) in [5.41, 5.74) is 0.204. The Balaban J connectivity index is 2.65. The summed E-state index contributed by atoms with van der Waals surface area (Å²) < 4.78 is 14.1. The molecule has 182 valence electrons. The van der Waals surface area contributed by atoms with Crippen molar-refractivity contribution in [3.05, 3.63) is 42.0 Å². The highest BCUT2D eigenvalue weighted by Crippen LogP contribution is 2.51. The fraction of sp³-hybridized carbons (Fsp3) is 0.692. The normalized spacial score (nSPS) is 23.6. The van der Waals surface area contributed by atoms with Crippen molar-refractivity contribution < 1.29 is 19.1 Å². The van der Waals surface area contributed by atoms with Crippen LogP contribution in [0.5, 0.6) is 0 Å². The average molecular weight is 479 g/mol. The van der Waals surface area contributed by atoms with Crippen LogP contribution in [0.25, 0.3) is 5.57 Å². The van der Waals surface area contributed by atoms with Gasteiger partial charge in [0, 0.05) is 12.8 Å². The Kier molecular flexibility index (Phi) is 7.54. The summed E-state index contributed by atoms with van der Waals surface area (Å²) in [6.07, 6.45) is 1.81. The number of hydrogen-bond acceptors (Lipinski definition) is 4. The van der Waals surface area contributed by atoms with Gasteiger partial charge < -0.3 is 19.1 Å². The summed E-state index contributed by atoms with van der Waals surface area (Å²) in [5.74, 6) is -0.976. The van der Waals surface area contributed by atoms with E-state index in [1.807, 2.05) is 36.4 Å². The zero-order valence-corrected chi connectivity index (χ0v) is 24.2. The minimum Gasteiger partial charge on any atom is -0.390 e. The molecule has 1 aromatic carbocycles. The van der Waals surface area contributed by atoms with E-state index in [9.17, 15) is 10.2 Å². The molecule has 1 aliphatic rings. The predicted molar refractivity (Wildman–Crippen MR) is 140 cm³/mol. The summed E-state index contributed by atoms with van der Waals surface area (Å²) in [6, 6.07) is 9.84. The van der Waals surface area contributed by atoms with Crippen LogP contribution >= 0.6 is 0 Å². The summed E-state index contributed by atoms with van der Waals surface area (Å²) in [4.78, 5) is 0. The first kappa shape index (κ1) is 27.5. The third kappa shape index (κ3) is 5.48. The molecule has 4 nitrogen and oxygen atoms in total. The van der Waals surface area contributed by atoms with Crippen LogP contribution in [0, 0.1) is 0 Å². The molecule has 0 fully saturated rings. The number of aliphatic hydroxyl groups is 2. The molecule has 0 heterocycles. The molecule has 0 radical (unpaired) electrons. The largest absolute Gasteiger partial charge is 0.390 e. The van der Waals surface area contributed by atoms with Crippen molar-refractivity contribution >= 4 is 22.2 Å². The van der Waals surface area contributed by atoms with Crippen molar-refractivity contribution in [1.82, 2.24) is 0 Å². The van der Waals surface area contributed by atoms with Crippen LogP contribution in [0.3, 0.4) is 0 Å². The van der Waals surface area contributed by atoms with Crippen LogP contribution in [-0.4, -0.2) is 44.3 Å². The van der Waals surface area contributed by atoms with E-state index in [4.69, 9.17) is 8.85 Å². The molecule has 0 aromatic heterocycles. The van der Waals surface area contributed by atoms with E-state index < -0.39 is 34.1 Å². The molecule has 0 spiro atoms. The highest BCUT2D eigenvalue weighted by molar-refractivity contribution is 6.75. The monoisotopic (exact) mass is 478 g/mol. The minimum atomic E-state index is -2.25. The van der Waals surface area contributed by atoms with Gasteiger partial charge >= 0.3 is 0 Å². The van der Waals surface area contributed by atoms with Gasteiger partial charge in [0.1, 0.15) is 5.60 Å². The molecular formula is C26H46O4Si2. The quantitative estimate of drug-likeness (QED) is 0.352. The van der Waals surface area contributed by atoms with E-state index in [1.165, 1.54) is 0 Å². The maximum absolute atomic E-state index is 11.9. The lowest BCUT2D eigenvalue weighted by Crippen LogP contribution is -2.62. The molecule has 32 heavy (non-hydrogen) atoms. The van der Waals surface area contributed by atoms with Crippen molar-refractivity contribution in [3.8, 4) is 0 Å². The second-order valence-corrected chi connectivity index (χ2v) is 22.0. The molecule has 2 N–H and O–H groups in total. The SMILES string of the molecule is CC(O)C1(O)CC(O[Si](C)(C)C(C)(C)C)(O[Si](C)(C)C(C)(C)C)CC=C1c1ccccc1. The lowest BCUT2D eigenvalue weighted by atomic mass is 9.74. The van der Waals surface area contributed by atoms with E-state index in [-0.39, 0.29) is 16.5 Å². The van der Waals surface area contributed by atoms with Crippen LogP contribution in [0.2, 0.25) is 36.3 Å². The van der Waals surface area contributed by atoms with Crippen molar-refractivity contribution in [2.45, 2.75) is 115 Å². The summed E-state index contributed by atoms with van der Waals surface area (Å²) in [5, 5.41) is 22.8. The first-order valence-corrected chi connectivity index (χ1v) is 17.6. The van der Waals surface area contributed by atoms with Crippen LogP contribution in [0.15, 0.2) is 36.4 Å². The molecule has 2 rings (SSSR count). The van der Waals surface area contributed by atoms with Gasteiger partial charge in [-0.05, 0) is 54.3 Å². The van der Waals surface area contributed by atoms with Gasteiger partial charge in [0.05, 0.1) is 6.10 Å². The fourth-order valence-electron chi connectivity index (χ4n) is 3.78. The maximum Gasteiger partial charge on any atom is 0.195 e. The van der Waals surface area contributed by atoms with E-state index in [0.717, 1.165) is 11.1 Å². The minimum absolute atomic E-state index is 0.0108. The van der Waals surface area contributed by atoms with E-state index >= 15 is 0 Å². The Bertz CT molecular complexity index is 788. The second-order valence-electron chi connectivity index (χ2n) is 12.6. The molecule has 0 amide bonds. The van der Waals surface area contributed by atoms with Crippen molar-refractivity contribution in [3.63, 3.8) is 0 Å². The van der Waals surface area contributed by atoms with Gasteiger partial charge in [-0.15, -0.1) is 0 Å². The number of aliphatic hydroxyl groups excluding tert-OH is 1. The molecular weight excluding hydrogens is 432 g/mol. The van der Waals surface area contributed by atoms with E-state index in [2.05, 4.69) is 67.7 Å². The van der Waals surface area contributed by atoms with Gasteiger partial charge in [-0.1, -0.05) is 78.0 Å². The fourth-order valence-corrected chi connectivity index (χ4v) is 6.73. The maximum atomic E-state index is 11.9. The van der Waals surface area contributed by atoms with Gasteiger partial charge in [-0.25, -0.2) is 0 Å². The van der Waals surface area contributed by atoms with Gasteiger partial charge in [0.15, 0.2) is 22.4 Å². The highest BCUT2D eigenvalue weighted by atomic mass is 28.4. The Hall–Kier alpha value is -0.766. The topological polar surface area (TPSA) is 58.9 Å². The molecule has 0 saturated heterocycles. The molecule has 2 unspecified atom stereocenters. The smallest absolute Gasteiger partial charge is 0.195 e. The predicted octanol–water partition coefficient (Wildman–Crippen LogP) is 6.72. The Morgan fingerprint density at radius 2 is 1.31 bits per heavy atom. The lowest BCUT2D eigenvalue weighted by molar-refractivity contribution is -0.183. The molecule has 0 saturated carbocycles. The standard InChI is InChI=1S/C26H46O4Si2/c1-20(27)26(28)19-25(29-31(8,9)23(2,3)4,30-32(10,11)24(5,6)7)18-17-22(26)21-15-13-12-14-16-21/h12-17,20,27-28H,18-19H2,1-11H3. The Morgan fingerprint density at radius 1 is 0.875 bits per heavy atom. The van der Waals surface area contributed by atoms with Gasteiger partial charge in [0.2, 0.25) is 0 Å². The number of rotatable bonds is 6. The molecule has 6 heteroatoms. The van der Waals surface area contributed by atoms with Gasteiger partial charge in [-0.3, -0.25) is 0 Å². The van der Waals surface area contributed by atoms with Crippen molar-refractivity contribution in [2.75, 3.05) is 0 Å². The van der Waals surface area contributed by atoms with E-state index in [1.54, 1.807) is 6.92 Å². The number of hydrogen-bond donors (Lipinski definition) is 2. The van der Waals surface area contributed by atoms with Crippen LogP contribution < -0.4 is 0 Å². The molecule has 0 aliphatic heterocycles. The summed E-state index contributed by atoms with van der Waals surface area (Å²) in [7, 11) is -4.49. The number of benzene rings is 1. The third-order valence-corrected chi connectivity index (χ3v) is 16.9. The zero-order valence-electron chi connectivity index (χ0n) is 22.2. The van der Waals surface area contributed by atoms with Crippen LogP contribution in [0.1, 0.15) is 66.9 Å². The lowest BCUT2D eigenvalue weighted by Gasteiger charge is -2.54. The third-order valence-electron chi connectivity index (χ3n) is 7.89. The van der Waals surface area contributed by atoms with E-state index in [0.29, 0.717) is 6.42 Å². The van der Waals surface area contributed by atoms with Gasteiger partial charge in [-0.2, -0.15) is 0 Å².